The van der Waals surface area contributed by atoms with Crippen LogP contribution in [0.2, 0.25) is 0 Å². The zero-order chi connectivity index (χ0) is 15.6. The van der Waals surface area contributed by atoms with Crippen molar-refractivity contribution in [1.29, 1.82) is 0 Å². The third-order valence-corrected chi connectivity index (χ3v) is 3.80. The van der Waals surface area contributed by atoms with E-state index >= 15 is 0 Å². The fraction of sp³-hybridized carbons (Fsp3) is 0.158. The van der Waals surface area contributed by atoms with Crippen molar-refractivity contribution in [2.24, 2.45) is 0 Å². The number of halogens is 3. The summed E-state index contributed by atoms with van der Waals surface area (Å²) in [7, 11) is 0. The molecular formula is C19H15F3. The molecule has 0 aromatic heterocycles. The summed E-state index contributed by atoms with van der Waals surface area (Å²) in [5, 5.41) is 0. The largest absolute Gasteiger partial charge is 0.413 e. The van der Waals surface area contributed by atoms with Crippen LogP contribution in [0.5, 0.6) is 0 Å². The highest BCUT2D eigenvalue weighted by Crippen LogP contribution is 2.45. The van der Waals surface area contributed by atoms with Crippen molar-refractivity contribution in [2.45, 2.75) is 19.0 Å². The number of allylic oxidation sites excluding steroid dienone is 4. The molecule has 0 spiro atoms. The predicted molar refractivity (Wildman–Crippen MR) is 83.1 cm³/mol. The fourth-order valence-corrected chi connectivity index (χ4v) is 2.85. The molecule has 112 valence electrons. The van der Waals surface area contributed by atoms with Gasteiger partial charge in [0.25, 0.3) is 0 Å². The van der Waals surface area contributed by atoms with Gasteiger partial charge in [-0.2, -0.15) is 13.2 Å². The third kappa shape index (κ3) is 2.84. The Morgan fingerprint density at radius 3 is 1.82 bits per heavy atom. The Kier molecular flexibility index (Phi) is 3.88. The van der Waals surface area contributed by atoms with Gasteiger partial charge in [0.05, 0.1) is 0 Å². The number of rotatable bonds is 2. The van der Waals surface area contributed by atoms with Crippen LogP contribution in [-0.2, 0) is 0 Å². The van der Waals surface area contributed by atoms with Crippen LogP contribution in [0.25, 0.3) is 11.1 Å². The highest BCUT2D eigenvalue weighted by molar-refractivity contribution is 6.07. The van der Waals surface area contributed by atoms with Gasteiger partial charge in [0, 0.05) is 5.57 Å². The first kappa shape index (κ1) is 14.6. The lowest BCUT2D eigenvalue weighted by molar-refractivity contribution is -0.0932. The topological polar surface area (TPSA) is 0 Å². The van der Waals surface area contributed by atoms with Gasteiger partial charge >= 0.3 is 6.18 Å². The van der Waals surface area contributed by atoms with Crippen molar-refractivity contribution in [2.75, 3.05) is 0 Å². The first-order chi connectivity index (χ1) is 10.6. The summed E-state index contributed by atoms with van der Waals surface area (Å²) in [6.45, 7) is 0. The summed E-state index contributed by atoms with van der Waals surface area (Å²) in [6, 6.07) is 18.1. The van der Waals surface area contributed by atoms with E-state index in [-0.39, 0.29) is 6.42 Å². The molecule has 0 aliphatic heterocycles. The van der Waals surface area contributed by atoms with E-state index < -0.39 is 11.7 Å². The maximum atomic E-state index is 13.5. The number of benzene rings is 2. The van der Waals surface area contributed by atoms with Crippen LogP contribution >= 0.6 is 0 Å². The Morgan fingerprint density at radius 1 is 0.727 bits per heavy atom. The monoisotopic (exact) mass is 300 g/mol. The van der Waals surface area contributed by atoms with Gasteiger partial charge in [-0.15, -0.1) is 0 Å². The minimum Gasteiger partial charge on any atom is -0.166 e. The van der Waals surface area contributed by atoms with Gasteiger partial charge in [-0.05, 0) is 35.1 Å². The summed E-state index contributed by atoms with van der Waals surface area (Å²) in [5.74, 6) is 0. The standard InChI is InChI=1S/C19H15F3/c20-19(21,22)17-13-7-12-16(14-8-3-1-4-9-14)18(17)15-10-5-2-6-11-15/h1-6,8-12H,7,13H2. The van der Waals surface area contributed by atoms with Crippen LogP contribution in [0.4, 0.5) is 13.2 Å². The first-order valence-electron chi connectivity index (χ1n) is 7.19. The molecular weight excluding hydrogens is 285 g/mol. The van der Waals surface area contributed by atoms with E-state index in [9.17, 15) is 13.2 Å². The van der Waals surface area contributed by atoms with Gasteiger partial charge in [-0.3, -0.25) is 0 Å². The van der Waals surface area contributed by atoms with Gasteiger partial charge in [-0.1, -0.05) is 66.7 Å². The Labute approximate surface area is 127 Å². The molecule has 0 bridgehead atoms. The highest BCUT2D eigenvalue weighted by atomic mass is 19.4. The molecule has 0 atom stereocenters. The van der Waals surface area contributed by atoms with Crippen LogP contribution in [-0.4, -0.2) is 6.18 Å². The van der Waals surface area contributed by atoms with E-state index in [1.165, 1.54) is 0 Å². The van der Waals surface area contributed by atoms with E-state index in [1.54, 1.807) is 24.3 Å². The lowest BCUT2D eigenvalue weighted by atomic mass is 9.83. The smallest absolute Gasteiger partial charge is 0.166 e. The number of hydrogen-bond donors (Lipinski definition) is 0. The Hall–Kier alpha value is -2.29. The van der Waals surface area contributed by atoms with E-state index in [2.05, 4.69) is 0 Å². The summed E-state index contributed by atoms with van der Waals surface area (Å²) < 4.78 is 40.4. The Morgan fingerprint density at radius 2 is 1.27 bits per heavy atom. The summed E-state index contributed by atoms with van der Waals surface area (Å²) in [4.78, 5) is 0. The summed E-state index contributed by atoms with van der Waals surface area (Å²) >= 11 is 0. The second kappa shape index (κ2) is 5.84. The van der Waals surface area contributed by atoms with Crippen LogP contribution in [0, 0.1) is 0 Å². The van der Waals surface area contributed by atoms with Crippen LogP contribution in [0.1, 0.15) is 24.0 Å². The van der Waals surface area contributed by atoms with E-state index in [0.29, 0.717) is 23.1 Å². The average molecular weight is 300 g/mol. The molecule has 1 aliphatic carbocycles. The van der Waals surface area contributed by atoms with Gasteiger partial charge in [-0.25, -0.2) is 0 Å². The first-order valence-corrected chi connectivity index (χ1v) is 7.19. The minimum atomic E-state index is -4.31. The summed E-state index contributed by atoms with van der Waals surface area (Å²) in [6.07, 6.45) is -1.95. The van der Waals surface area contributed by atoms with Gasteiger partial charge < -0.3 is 0 Å². The maximum Gasteiger partial charge on any atom is 0.413 e. The zero-order valence-electron chi connectivity index (χ0n) is 11.9. The Balaban J connectivity index is 2.22. The molecule has 2 aromatic carbocycles. The molecule has 22 heavy (non-hydrogen) atoms. The fourth-order valence-electron chi connectivity index (χ4n) is 2.85. The van der Waals surface area contributed by atoms with Gasteiger partial charge in [0.2, 0.25) is 0 Å². The minimum absolute atomic E-state index is 0.0318. The molecule has 2 aromatic rings. The zero-order valence-corrected chi connectivity index (χ0v) is 11.9. The van der Waals surface area contributed by atoms with Crippen LogP contribution < -0.4 is 0 Å². The van der Waals surface area contributed by atoms with Crippen molar-refractivity contribution in [1.82, 2.24) is 0 Å². The van der Waals surface area contributed by atoms with Gasteiger partial charge in [0.1, 0.15) is 0 Å². The second-order valence-corrected chi connectivity index (χ2v) is 5.24. The molecule has 0 radical (unpaired) electrons. The maximum absolute atomic E-state index is 13.5. The molecule has 1 aliphatic rings. The third-order valence-electron chi connectivity index (χ3n) is 3.80. The molecule has 0 N–H and O–H groups in total. The molecule has 0 unspecified atom stereocenters. The van der Waals surface area contributed by atoms with E-state index in [1.807, 2.05) is 42.5 Å². The second-order valence-electron chi connectivity index (χ2n) is 5.24. The predicted octanol–water partition coefficient (Wildman–Crippen LogP) is 5.88. The van der Waals surface area contributed by atoms with Gasteiger partial charge in [0.15, 0.2) is 0 Å². The molecule has 3 rings (SSSR count). The molecule has 0 saturated heterocycles. The average Bonchev–Trinajstić information content (AvgIpc) is 2.55. The summed E-state index contributed by atoms with van der Waals surface area (Å²) in [5.41, 5.74) is 1.99. The van der Waals surface area contributed by atoms with E-state index in [4.69, 9.17) is 0 Å². The quantitative estimate of drug-likeness (QED) is 0.649. The molecule has 0 saturated carbocycles. The van der Waals surface area contributed by atoms with Crippen molar-refractivity contribution in [3.63, 3.8) is 0 Å². The molecule has 3 heteroatoms. The molecule has 0 heterocycles. The molecule has 0 fully saturated rings. The lowest BCUT2D eigenvalue weighted by Crippen LogP contribution is -2.17. The number of hydrogen-bond acceptors (Lipinski definition) is 0. The van der Waals surface area contributed by atoms with E-state index in [0.717, 1.165) is 5.56 Å². The normalized spacial score (nSPS) is 15.7. The number of alkyl halides is 3. The highest BCUT2D eigenvalue weighted by Gasteiger charge is 2.38. The van der Waals surface area contributed by atoms with Crippen molar-refractivity contribution in [3.05, 3.63) is 83.4 Å². The molecule has 0 amide bonds. The SMILES string of the molecule is FC(F)(F)C1=C(c2ccccc2)C(c2ccccc2)=CCC1. The van der Waals surface area contributed by atoms with Crippen LogP contribution in [0.15, 0.2) is 72.3 Å². The molecule has 0 nitrogen and oxygen atoms in total. The lowest BCUT2D eigenvalue weighted by Gasteiger charge is -2.24. The van der Waals surface area contributed by atoms with Crippen molar-refractivity contribution >= 4 is 11.1 Å². The Bertz CT molecular complexity index is 707. The van der Waals surface area contributed by atoms with Crippen molar-refractivity contribution in [3.8, 4) is 0 Å². The van der Waals surface area contributed by atoms with Crippen LogP contribution in [0.3, 0.4) is 0 Å². The van der Waals surface area contributed by atoms with Crippen molar-refractivity contribution < 1.29 is 13.2 Å².